The van der Waals surface area contributed by atoms with Gasteiger partial charge in [-0.3, -0.25) is 4.79 Å². The Morgan fingerprint density at radius 2 is 1.27 bits per heavy atom. The fourth-order valence-electron chi connectivity index (χ4n) is 3.90. The van der Waals surface area contributed by atoms with Gasteiger partial charge in [-0.05, 0) is 92.1 Å². The molecule has 0 aliphatic rings. The minimum atomic E-state index is -1.09. The Morgan fingerprint density at radius 1 is 0.756 bits per heavy atom. The predicted molar refractivity (Wildman–Crippen MR) is 170 cm³/mol. The molecule has 0 aliphatic heterocycles. The predicted octanol–water partition coefficient (Wildman–Crippen LogP) is 7.20. The number of benzene rings is 2. The maximum absolute atomic E-state index is 13.6. The number of imide groups is 1. The van der Waals surface area contributed by atoms with Crippen LogP contribution in [0.15, 0.2) is 54.7 Å². The summed E-state index contributed by atoms with van der Waals surface area (Å²) in [5.41, 5.74) is -0.831. The number of ether oxygens (including phenoxy) is 4. The van der Waals surface area contributed by atoms with Crippen molar-refractivity contribution in [2.45, 2.75) is 85.5 Å². The van der Waals surface area contributed by atoms with Crippen LogP contribution in [0.5, 0.6) is 5.75 Å². The number of anilines is 2. The van der Waals surface area contributed by atoms with Gasteiger partial charge in [-0.15, -0.1) is 4.90 Å². The topological polar surface area (TPSA) is 138 Å². The summed E-state index contributed by atoms with van der Waals surface area (Å²) < 4.78 is 22.8. The maximum Gasteiger partial charge on any atom is 0.427 e. The number of nitrogens with zero attached hydrogens (tertiary/aromatic N) is 3. The fourth-order valence-corrected chi connectivity index (χ4v) is 3.90. The zero-order valence-corrected chi connectivity index (χ0v) is 27.5. The second-order valence-electron chi connectivity index (χ2n) is 13.2. The first-order valence-electron chi connectivity index (χ1n) is 14.4. The molecule has 1 aromatic heterocycles. The first-order valence-corrected chi connectivity index (χ1v) is 14.4. The van der Waals surface area contributed by atoms with Gasteiger partial charge in [0.15, 0.2) is 0 Å². The minimum absolute atomic E-state index is 0.158. The van der Waals surface area contributed by atoms with E-state index in [0.29, 0.717) is 21.9 Å². The van der Waals surface area contributed by atoms with Gasteiger partial charge in [0.2, 0.25) is 11.9 Å². The molecule has 12 nitrogen and oxygen atoms in total. The number of nitrogens with one attached hydrogen (secondary N) is 1. The van der Waals surface area contributed by atoms with Gasteiger partial charge in [0.05, 0.1) is 25.4 Å². The lowest BCUT2D eigenvalue weighted by Crippen LogP contribution is -2.45. The van der Waals surface area contributed by atoms with E-state index in [1.165, 1.54) is 6.20 Å². The van der Waals surface area contributed by atoms with Crippen LogP contribution in [-0.2, 0) is 25.4 Å². The van der Waals surface area contributed by atoms with Gasteiger partial charge in [0.1, 0.15) is 22.6 Å². The molecule has 2 aromatic carbocycles. The van der Waals surface area contributed by atoms with Crippen molar-refractivity contribution in [3.8, 4) is 17.0 Å². The molecule has 1 heterocycles. The summed E-state index contributed by atoms with van der Waals surface area (Å²) in [6, 6.07) is 13.8. The number of carbonyl (C=O) groups is 4. The Bertz CT molecular complexity index is 1500. The highest BCUT2D eigenvalue weighted by Crippen LogP contribution is 2.30. The maximum atomic E-state index is 13.6. The number of hydrogen-bond acceptors (Lipinski definition) is 9. The molecular weight excluding hydrogens is 580 g/mol. The Morgan fingerprint density at radius 3 is 1.73 bits per heavy atom. The van der Waals surface area contributed by atoms with Gasteiger partial charge in [-0.25, -0.2) is 23.9 Å². The van der Waals surface area contributed by atoms with Crippen molar-refractivity contribution in [1.82, 2.24) is 9.55 Å². The molecule has 0 aliphatic carbocycles. The first kappa shape index (κ1) is 34.6. The van der Waals surface area contributed by atoms with Gasteiger partial charge in [-0.1, -0.05) is 24.3 Å². The summed E-state index contributed by atoms with van der Waals surface area (Å²) >= 11 is 0. The smallest absolute Gasteiger partial charge is 0.427 e. The van der Waals surface area contributed by atoms with Gasteiger partial charge >= 0.3 is 18.3 Å². The number of imidazole rings is 1. The van der Waals surface area contributed by atoms with Crippen molar-refractivity contribution in [3.05, 3.63) is 60.3 Å². The summed E-state index contributed by atoms with van der Waals surface area (Å²) in [7, 11) is 1.57. The minimum Gasteiger partial charge on any atom is -0.497 e. The molecule has 0 fully saturated rings. The molecule has 0 spiro atoms. The lowest BCUT2D eigenvalue weighted by molar-refractivity contribution is -0.115. The molecule has 1 N–H and O–H groups in total. The molecule has 0 bridgehead atoms. The molecule has 0 saturated carbocycles. The Hall–Kier alpha value is -4.87. The van der Waals surface area contributed by atoms with E-state index in [-0.39, 0.29) is 24.0 Å². The third-order valence-electron chi connectivity index (χ3n) is 5.66. The molecule has 0 saturated heterocycles. The molecule has 45 heavy (non-hydrogen) atoms. The lowest BCUT2D eigenvalue weighted by atomic mass is 10.1. The molecule has 0 radical (unpaired) electrons. The zero-order chi connectivity index (χ0) is 33.7. The van der Waals surface area contributed by atoms with Gasteiger partial charge in [0.25, 0.3) is 0 Å². The third-order valence-corrected chi connectivity index (χ3v) is 5.66. The largest absolute Gasteiger partial charge is 0.497 e. The zero-order valence-electron chi connectivity index (χ0n) is 27.5. The van der Waals surface area contributed by atoms with E-state index in [2.05, 4.69) is 10.3 Å². The van der Waals surface area contributed by atoms with Crippen molar-refractivity contribution in [2.75, 3.05) is 17.3 Å². The van der Waals surface area contributed by atoms with Crippen molar-refractivity contribution >= 4 is 35.8 Å². The molecule has 3 aromatic rings. The standard InChI is InChI=1S/C33H42N4O8/c1-31(2,3)43-28(39)36-25(20-34-27(36)37(29(40)44-32(4,5)6)30(41)45-33(7,8)9)22-13-15-23(16-14-22)35-26(38)19-21-11-17-24(42-10)18-12-21/h11-18,20H,19H2,1-10H3,(H,35,38). The molecule has 0 unspecified atom stereocenters. The van der Waals surface area contributed by atoms with E-state index >= 15 is 0 Å². The molecule has 12 heteroatoms. The normalized spacial score (nSPS) is 11.8. The van der Waals surface area contributed by atoms with Crippen molar-refractivity contribution < 1.29 is 38.1 Å². The lowest BCUT2D eigenvalue weighted by Gasteiger charge is -2.28. The average molecular weight is 623 g/mol. The van der Waals surface area contributed by atoms with Crippen molar-refractivity contribution in [2.24, 2.45) is 0 Å². The van der Waals surface area contributed by atoms with Gasteiger partial charge < -0.3 is 24.3 Å². The molecule has 0 atom stereocenters. The van der Waals surface area contributed by atoms with Crippen LogP contribution < -0.4 is 15.0 Å². The van der Waals surface area contributed by atoms with Crippen LogP contribution in [0.2, 0.25) is 0 Å². The summed E-state index contributed by atoms with van der Waals surface area (Å²) in [6.45, 7) is 14.9. The van der Waals surface area contributed by atoms with E-state index in [0.717, 1.165) is 10.1 Å². The van der Waals surface area contributed by atoms with Gasteiger partial charge in [0, 0.05) is 11.3 Å². The van der Waals surface area contributed by atoms with Gasteiger partial charge in [-0.2, -0.15) is 0 Å². The summed E-state index contributed by atoms with van der Waals surface area (Å²) in [5, 5.41) is 2.85. The van der Waals surface area contributed by atoms with Crippen LogP contribution in [0.4, 0.5) is 26.0 Å². The number of methoxy groups -OCH3 is 1. The van der Waals surface area contributed by atoms with Crippen LogP contribution in [0.1, 0.15) is 67.9 Å². The fraction of sp³-hybridized carbons (Fsp3) is 0.424. The number of aromatic nitrogens is 2. The van der Waals surface area contributed by atoms with Crippen LogP contribution in [0, 0.1) is 0 Å². The monoisotopic (exact) mass is 622 g/mol. The number of carbonyl (C=O) groups excluding carboxylic acids is 4. The summed E-state index contributed by atoms with van der Waals surface area (Å²) in [4.78, 5) is 57.8. The molecular formula is C33H42N4O8. The Labute approximate surface area is 263 Å². The van der Waals surface area contributed by atoms with Crippen molar-refractivity contribution in [3.63, 3.8) is 0 Å². The highest BCUT2D eigenvalue weighted by molar-refractivity contribution is 6.09. The highest BCUT2D eigenvalue weighted by Gasteiger charge is 2.38. The van der Waals surface area contributed by atoms with E-state index in [9.17, 15) is 19.2 Å². The number of amides is 3. The van der Waals surface area contributed by atoms with E-state index in [1.807, 2.05) is 12.1 Å². The number of rotatable bonds is 6. The SMILES string of the molecule is COc1ccc(CC(=O)Nc2ccc(-c3cnc(N(C(=O)OC(C)(C)C)C(=O)OC(C)(C)C)n3C(=O)OC(C)(C)C)cc2)cc1. The number of hydrogen-bond donors (Lipinski definition) is 1. The molecule has 3 amide bonds. The second-order valence-corrected chi connectivity index (χ2v) is 13.2. The summed E-state index contributed by atoms with van der Waals surface area (Å²) in [5.74, 6) is 0.0998. The van der Waals surface area contributed by atoms with E-state index in [1.54, 1.807) is 106 Å². The van der Waals surface area contributed by atoms with Crippen molar-refractivity contribution in [1.29, 1.82) is 0 Å². The van der Waals surface area contributed by atoms with E-state index in [4.69, 9.17) is 18.9 Å². The summed E-state index contributed by atoms with van der Waals surface area (Å²) in [6.07, 6.45) is -1.58. The van der Waals surface area contributed by atoms with E-state index < -0.39 is 35.1 Å². The second kappa shape index (κ2) is 13.4. The first-order chi connectivity index (χ1) is 20.8. The third kappa shape index (κ3) is 10.1. The molecule has 3 rings (SSSR count). The Kier molecular flexibility index (Phi) is 10.3. The average Bonchev–Trinajstić information content (AvgIpc) is 3.31. The van der Waals surface area contributed by atoms with Crippen LogP contribution in [-0.4, -0.2) is 57.7 Å². The molecule has 242 valence electrons. The van der Waals surface area contributed by atoms with Crippen LogP contribution in [0.25, 0.3) is 11.3 Å². The van der Waals surface area contributed by atoms with Crippen LogP contribution >= 0.6 is 0 Å². The van der Waals surface area contributed by atoms with Crippen LogP contribution in [0.3, 0.4) is 0 Å². The Balaban J connectivity index is 2.00. The highest BCUT2D eigenvalue weighted by atomic mass is 16.6. The quantitative estimate of drug-likeness (QED) is 0.283.